The Morgan fingerprint density at radius 2 is 0.552 bits per heavy atom. The molecule has 0 saturated heterocycles. The highest BCUT2D eigenvalue weighted by Crippen LogP contribution is 2.09. The molecule has 0 amide bonds. The van der Waals surface area contributed by atoms with E-state index in [0.717, 1.165) is 8.97 Å². The van der Waals surface area contributed by atoms with Crippen molar-refractivity contribution in [3.63, 3.8) is 0 Å². The first kappa shape index (κ1) is 37.2. The number of rotatable bonds is 17. The quantitative estimate of drug-likeness (QED) is 0.191. The molecule has 0 saturated carbocycles. The molecule has 0 N–H and O–H groups in total. The van der Waals surface area contributed by atoms with Crippen molar-refractivity contribution in [2.75, 3.05) is 55.4 Å². The maximum atomic E-state index is 2.28. The monoisotopic (exact) mass is 544 g/mol. The summed E-state index contributed by atoms with van der Waals surface area (Å²) in [4.78, 5) is 0. The van der Waals surface area contributed by atoms with Gasteiger partial charge in [0.1, 0.15) is 0 Å². The fourth-order valence-corrected chi connectivity index (χ4v) is 3.26. The van der Waals surface area contributed by atoms with Crippen LogP contribution in [0.2, 0.25) is 0 Å². The lowest BCUT2D eigenvalue weighted by atomic mass is 10.1. The van der Waals surface area contributed by atoms with Gasteiger partial charge in [0, 0.05) is 0 Å². The van der Waals surface area contributed by atoms with Crippen molar-refractivity contribution in [2.24, 2.45) is 0 Å². The highest BCUT2D eigenvalue weighted by Gasteiger charge is 2.05. The molecule has 0 aromatic rings. The van der Waals surface area contributed by atoms with Gasteiger partial charge >= 0.3 is 0 Å². The Balaban J connectivity index is -0.000000202. The fraction of sp³-hybridized carbons (Fsp3) is 1.00. The van der Waals surface area contributed by atoms with Crippen LogP contribution in [0.15, 0.2) is 0 Å². The maximum absolute atomic E-state index is 2.28. The van der Waals surface area contributed by atoms with E-state index in [-0.39, 0.29) is 34.0 Å². The van der Waals surface area contributed by atoms with Crippen LogP contribution in [0.5, 0.6) is 0 Å². The average Bonchev–Trinajstić information content (AvgIpc) is 2.55. The zero-order valence-electron chi connectivity index (χ0n) is 21.7. The Hall–Kier alpha value is 0.880. The molecule has 182 valence electrons. The molecule has 0 aromatic heterocycles. The third-order valence-electron chi connectivity index (χ3n) is 5.11. The molecular weight excluding hydrogens is 488 g/mol. The zero-order chi connectivity index (χ0) is 21.0. The Morgan fingerprint density at radius 3 is 0.759 bits per heavy atom. The van der Waals surface area contributed by atoms with E-state index in [1.165, 1.54) is 109 Å². The van der Waals surface area contributed by atoms with Gasteiger partial charge in [0.15, 0.2) is 0 Å². The average molecular weight is 547 g/mol. The van der Waals surface area contributed by atoms with Crippen LogP contribution < -0.4 is 34.0 Å². The summed E-state index contributed by atoms with van der Waals surface area (Å²) < 4.78 is 2.24. The van der Waals surface area contributed by atoms with Crippen molar-refractivity contribution in [1.29, 1.82) is 0 Å². The minimum atomic E-state index is 0. The van der Waals surface area contributed by atoms with E-state index in [1.807, 2.05) is 0 Å². The van der Waals surface area contributed by atoms with Crippen molar-refractivity contribution < 1.29 is 42.9 Å². The molecule has 2 nitrogen and oxygen atoms in total. The van der Waals surface area contributed by atoms with E-state index in [0.29, 0.717) is 0 Å². The minimum Gasteiger partial charge on any atom is -1.00 e. The van der Waals surface area contributed by atoms with Gasteiger partial charge in [-0.1, -0.05) is 84.5 Å². The smallest absolute Gasteiger partial charge is 0.0780 e. The number of nitrogens with zero attached hydrogens (tertiary/aromatic N) is 2. The molecular formula is C25H58Br2N2. The highest BCUT2D eigenvalue weighted by molar-refractivity contribution is 4.46. The second-order valence-corrected chi connectivity index (χ2v) is 10.6. The SMILES string of the molecule is CCCCCCCCCC[N+](C)(C)C.CCCCCCCCC[N+](C)(C)C.[Br-].[Br-]. The van der Waals surface area contributed by atoms with Crippen molar-refractivity contribution in [1.82, 2.24) is 0 Å². The van der Waals surface area contributed by atoms with Crippen molar-refractivity contribution >= 4 is 0 Å². The lowest BCUT2D eigenvalue weighted by molar-refractivity contribution is -0.870. The zero-order valence-corrected chi connectivity index (χ0v) is 24.8. The molecule has 0 bridgehead atoms. The topological polar surface area (TPSA) is 0 Å². The van der Waals surface area contributed by atoms with E-state index in [2.05, 4.69) is 56.1 Å². The molecule has 4 heteroatoms. The van der Waals surface area contributed by atoms with Gasteiger partial charge in [0.2, 0.25) is 0 Å². The van der Waals surface area contributed by atoms with Gasteiger partial charge < -0.3 is 42.9 Å². The predicted molar refractivity (Wildman–Crippen MR) is 126 cm³/mol. The number of hydrogen-bond donors (Lipinski definition) is 0. The van der Waals surface area contributed by atoms with Crippen molar-refractivity contribution in [2.45, 2.75) is 110 Å². The van der Waals surface area contributed by atoms with Crippen LogP contribution in [0.1, 0.15) is 110 Å². The van der Waals surface area contributed by atoms with Crippen LogP contribution in [0, 0.1) is 0 Å². The normalized spacial score (nSPS) is 11.2. The first-order valence-electron chi connectivity index (χ1n) is 12.2. The molecule has 0 aromatic carbocycles. The standard InChI is InChI=1S/C13H30N.C12H28N.2BrH/c1-5-6-7-8-9-10-11-12-13-14(2,3)4;1-5-6-7-8-9-10-11-12-13(2,3)4;;/h5-13H2,1-4H3;5-12H2,1-4H3;2*1H/q2*+1;;/p-2. The summed E-state index contributed by atoms with van der Waals surface area (Å²) in [6.45, 7) is 7.21. The molecule has 0 radical (unpaired) electrons. The molecule has 0 aliphatic rings. The van der Waals surface area contributed by atoms with Gasteiger partial charge in [-0.05, 0) is 25.7 Å². The molecule has 0 aliphatic heterocycles. The Morgan fingerprint density at radius 1 is 0.345 bits per heavy atom. The third kappa shape index (κ3) is 43.6. The van der Waals surface area contributed by atoms with Gasteiger partial charge in [-0.25, -0.2) is 0 Å². The Bertz CT molecular complexity index is 284. The Labute approximate surface area is 207 Å². The molecule has 0 fully saturated rings. The summed E-state index contributed by atoms with van der Waals surface area (Å²) in [5, 5.41) is 0. The first-order valence-corrected chi connectivity index (χ1v) is 12.2. The summed E-state index contributed by atoms with van der Waals surface area (Å²) in [6.07, 6.45) is 21.4. The second kappa shape index (κ2) is 25.1. The summed E-state index contributed by atoms with van der Waals surface area (Å²) in [5.41, 5.74) is 0. The molecule has 0 heterocycles. The third-order valence-corrected chi connectivity index (χ3v) is 5.11. The van der Waals surface area contributed by atoms with Crippen molar-refractivity contribution in [3.8, 4) is 0 Å². The number of unbranched alkanes of at least 4 members (excludes halogenated alkanes) is 13. The molecule has 0 unspecified atom stereocenters. The summed E-state index contributed by atoms with van der Waals surface area (Å²) in [7, 11) is 13.7. The molecule has 0 atom stereocenters. The van der Waals surface area contributed by atoms with Crippen LogP contribution in [-0.4, -0.2) is 64.3 Å². The van der Waals surface area contributed by atoms with E-state index in [9.17, 15) is 0 Å². The van der Waals surface area contributed by atoms with Crippen LogP contribution in [0.25, 0.3) is 0 Å². The second-order valence-electron chi connectivity index (χ2n) is 10.6. The van der Waals surface area contributed by atoms with Crippen molar-refractivity contribution in [3.05, 3.63) is 0 Å². The lowest BCUT2D eigenvalue weighted by Crippen LogP contribution is -3.00. The van der Waals surface area contributed by atoms with E-state index < -0.39 is 0 Å². The van der Waals surface area contributed by atoms with Gasteiger partial charge in [0.05, 0.1) is 55.4 Å². The summed E-state index contributed by atoms with van der Waals surface area (Å²) >= 11 is 0. The van der Waals surface area contributed by atoms with E-state index in [1.54, 1.807) is 0 Å². The number of hydrogen-bond acceptors (Lipinski definition) is 0. The van der Waals surface area contributed by atoms with Crippen LogP contribution in [0.4, 0.5) is 0 Å². The van der Waals surface area contributed by atoms with Gasteiger partial charge in [-0.2, -0.15) is 0 Å². The van der Waals surface area contributed by atoms with Gasteiger partial charge in [-0.3, -0.25) is 0 Å². The molecule has 0 aliphatic carbocycles. The van der Waals surface area contributed by atoms with Crippen LogP contribution in [0.3, 0.4) is 0 Å². The van der Waals surface area contributed by atoms with Crippen LogP contribution in [-0.2, 0) is 0 Å². The number of halogens is 2. The summed E-state index contributed by atoms with van der Waals surface area (Å²) in [6, 6.07) is 0. The molecule has 0 spiro atoms. The highest BCUT2D eigenvalue weighted by atomic mass is 79.9. The Kier molecular flexibility index (Phi) is 32.3. The van der Waals surface area contributed by atoms with Gasteiger partial charge in [0.25, 0.3) is 0 Å². The largest absolute Gasteiger partial charge is 1.00 e. The van der Waals surface area contributed by atoms with Gasteiger partial charge in [-0.15, -0.1) is 0 Å². The molecule has 29 heavy (non-hydrogen) atoms. The first-order chi connectivity index (χ1) is 12.6. The minimum absolute atomic E-state index is 0. The summed E-state index contributed by atoms with van der Waals surface area (Å²) in [5.74, 6) is 0. The maximum Gasteiger partial charge on any atom is 0.0780 e. The lowest BCUT2D eigenvalue weighted by Gasteiger charge is -2.23. The molecule has 0 rings (SSSR count). The predicted octanol–water partition coefficient (Wildman–Crippen LogP) is 1.28. The number of quaternary nitrogens is 2. The van der Waals surface area contributed by atoms with Crippen LogP contribution >= 0.6 is 0 Å². The van der Waals surface area contributed by atoms with E-state index in [4.69, 9.17) is 0 Å². The fourth-order valence-electron chi connectivity index (χ4n) is 3.26. The van der Waals surface area contributed by atoms with E-state index >= 15 is 0 Å².